The van der Waals surface area contributed by atoms with Crippen molar-refractivity contribution in [3.8, 4) is 0 Å². The molecule has 1 unspecified atom stereocenters. The fourth-order valence-corrected chi connectivity index (χ4v) is 3.10. The molecular weight excluding hydrogens is 234 g/mol. The number of rotatable bonds is 6. The standard InChI is InChI=1S/C14H26ClNO/c1-11(2)8-14(6-4-5-7-14)10-16-13(17)12(3)9-15/h11-12H,4-10H2,1-3H3,(H,16,17). The van der Waals surface area contributed by atoms with Crippen LogP contribution in [0.5, 0.6) is 0 Å². The number of alkyl halides is 1. The van der Waals surface area contributed by atoms with Crippen LogP contribution in [0.15, 0.2) is 0 Å². The fourth-order valence-electron chi connectivity index (χ4n) is 2.96. The Balaban J connectivity index is 2.47. The van der Waals surface area contributed by atoms with Gasteiger partial charge in [-0.25, -0.2) is 0 Å². The monoisotopic (exact) mass is 259 g/mol. The molecule has 17 heavy (non-hydrogen) atoms. The van der Waals surface area contributed by atoms with Gasteiger partial charge in [-0.3, -0.25) is 4.79 Å². The number of hydrogen-bond donors (Lipinski definition) is 1. The zero-order chi connectivity index (χ0) is 12.9. The molecule has 1 atom stereocenters. The third kappa shape index (κ3) is 4.50. The van der Waals surface area contributed by atoms with Gasteiger partial charge in [-0.05, 0) is 30.6 Å². The van der Waals surface area contributed by atoms with Gasteiger partial charge in [0.1, 0.15) is 0 Å². The Morgan fingerprint density at radius 2 is 1.88 bits per heavy atom. The van der Waals surface area contributed by atoms with Crippen LogP contribution < -0.4 is 5.32 Å². The van der Waals surface area contributed by atoms with Crippen LogP contribution in [0, 0.1) is 17.3 Å². The Bertz CT molecular complexity index is 247. The van der Waals surface area contributed by atoms with E-state index in [0.29, 0.717) is 17.2 Å². The van der Waals surface area contributed by atoms with E-state index in [0.717, 1.165) is 6.54 Å². The summed E-state index contributed by atoms with van der Waals surface area (Å²) in [6, 6.07) is 0. The highest BCUT2D eigenvalue weighted by Crippen LogP contribution is 2.42. The minimum Gasteiger partial charge on any atom is -0.355 e. The minimum absolute atomic E-state index is 0.0748. The molecule has 0 aromatic carbocycles. The number of halogens is 1. The predicted octanol–water partition coefficient (Wildman–Crippen LogP) is 3.58. The Morgan fingerprint density at radius 3 is 2.35 bits per heavy atom. The van der Waals surface area contributed by atoms with Gasteiger partial charge >= 0.3 is 0 Å². The van der Waals surface area contributed by atoms with Gasteiger partial charge in [0.05, 0.1) is 0 Å². The fraction of sp³-hybridized carbons (Fsp3) is 0.929. The van der Waals surface area contributed by atoms with E-state index in [1.807, 2.05) is 6.92 Å². The molecule has 1 aliphatic carbocycles. The molecular formula is C14H26ClNO. The molecule has 0 spiro atoms. The summed E-state index contributed by atoms with van der Waals surface area (Å²) in [5.41, 5.74) is 0.357. The number of nitrogens with one attached hydrogen (secondary N) is 1. The maximum absolute atomic E-state index is 11.8. The predicted molar refractivity (Wildman–Crippen MR) is 73.2 cm³/mol. The maximum atomic E-state index is 11.8. The van der Waals surface area contributed by atoms with Gasteiger partial charge in [0, 0.05) is 18.3 Å². The van der Waals surface area contributed by atoms with Gasteiger partial charge in [0.15, 0.2) is 0 Å². The number of carbonyl (C=O) groups is 1. The summed E-state index contributed by atoms with van der Waals surface area (Å²) in [6.07, 6.45) is 6.38. The van der Waals surface area contributed by atoms with E-state index < -0.39 is 0 Å². The molecule has 1 rings (SSSR count). The van der Waals surface area contributed by atoms with E-state index in [-0.39, 0.29) is 11.8 Å². The summed E-state index contributed by atoms with van der Waals surface area (Å²) in [6.45, 7) is 7.25. The van der Waals surface area contributed by atoms with E-state index in [1.165, 1.54) is 32.1 Å². The second-order valence-electron chi connectivity index (χ2n) is 6.08. The lowest BCUT2D eigenvalue weighted by Crippen LogP contribution is -2.39. The van der Waals surface area contributed by atoms with Crippen molar-refractivity contribution in [2.75, 3.05) is 12.4 Å². The van der Waals surface area contributed by atoms with Crippen molar-refractivity contribution in [3.63, 3.8) is 0 Å². The number of carbonyl (C=O) groups excluding carboxylic acids is 1. The lowest BCUT2D eigenvalue weighted by atomic mass is 9.78. The molecule has 0 bridgehead atoms. The first-order chi connectivity index (χ1) is 7.99. The highest BCUT2D eigenvalue weighted by Gasteiger charge is 2.34. The van der Waals surface area contributed by atoms with Crippen LogP contribution in [0.3, 0.4) is 0 Å². The number of hydrogen-bond acceptors (Lipinski definition) is 1. The summed E-state index contributed by atoms with van der Waals surface area (Å²) in [4.78, 5) is 11.8. The molecule has 3 heteroatoms. The first-order valence-corrected chi connectivity index (χ1v) is 7.36. The minimum atomic E-state index is -0.0748. The average molecular weight is 260 g/mol. The Hall–Kier alpha value is -0.240. The van der Waals surface area contributed by atoms with Crippen LogP contribution >= 0.6 is 11.6 Å². The average Bonchev–Trinajstić information content (AvgIpc) is 2.73. The van der Waals surface area contributed by atoms with E-state index in [9.17, 15) is 4.79 Å². The molecule has 0 aliphatic heterocycles. The first-order valence-electron chi connectivity index (χ1n) is 6.83. The van der Waals surface area contributed by atoms with E-state index in [2.05, 4.69) is 19.2 Å². The normalized spacial score (nSPS) is 20.5. The third-order valence-corrected chi connectivity index (χ3v) is 4.29. The summed E-state index contributed by atoms with van der Waals surface area (Å²) >= 11 is 5.70. The van der Waals surface area contributed by atoms with Crippen LogP contribution in [-0.4, -0.2) is 18.3 Å². The SMILES string of the molecule is CC(C)CC1(CNC(=O)C(C)CCl)CCCC1. The highest BCUT2D eigenvalue weighted by atomic mass is 35.5. The van der Waals surface area contributed by atoms with Gasteiger partial charge in [-0.15, -0.1) is 11.6 Å². The van der Waals surface area contributed by atoms with E-state index >= 15 is 0 Å². The molecule has 0 aromatic rings. The van der Waals surface area contributed by atoms with Crippen LogP contribution in [0.2, 0.25) is 0 Å². The molecule has 0 heterocycles. The molecule has 1 saturated carbocycles. The van der Waals surface area contributed by atoms with Crippen LogP contribution in [0.25, 0.3) is 0 Å². The lowest BCUT2D eigenvalue weighted by molar-refractivity contribution is -0.124. The maximum Gasteiger partial charge on any atom is 0.224 e. The summed E-state index contributed by atoms with van der Waals surface area (Å²) in [5, 5.41) is 3.10. The topological polar surface area (TPSA) is 29.1 Å². The van der Waals surface area contributed by atoms with Gasteiger partial charge in [0.25, 0.3) is 0 Å². The van der Waals surface area contributed by atoms with Gasteiger partial charge in [-0.1, -0.05) is 33.6 Å². The highest BCUT2D eigenvalue weighted by molar-refractivity contribution is 6.19. The zero-order valence-corrected chi connectivity index (χ0v) is 12.1. The van der Waals surface area contributed by atoms with Crippen molar-refractivity contribution in [2.45, 2.75) is 52.9 Å². The molecule has 0 saturated heterocycles. The lowest BCUT2D eigenvalue weighted by Gasteiger charge is -2.31. The first kappa shape index (κ1) is 14.8. The van der Waals surface area contributed by atoms with E-state index in [4.69, 9.17) is 11.6 Å². The number of amides is 1. The molecule has 0 aromatic heterocycles. The van der Waals surface area contributed by atoms with Crippen molar-refractivity contribution >= 4 is 17.5 Å². The molecule has 1 fully saturated rings. The molecule has 0 radical (unpaired) electrons. The van der Waals surface area contributed by atoms with Crippen LogP contribution in [0.1, 0.15) is 52.9 Å². The molecule has 2 nitrogen and oxygen atoms in total. The molecule has 1 N–H and O–H groups in total. The van der Waals surface area contributed by atoms with E-state index in [1.54, 1.807) is 0 Å². The second-order valence-corrected chi connectivity index (χ2v) is 6.39. The van der Waals surface area contributed by atoms with Crippen molar-refractivity contribution in [2.24, 2.45) is 17.3 Å². The van der Waals surface area contributed by atoms with Crippen molar-refractivity contribution in [1.29, 1.82) is 0 Å². The summed E-state index contributed by atoms with van der Waals surface area (Å²) in [7, 11) is 0. The van der Waals surface area contributed by atoms with Gasteiger partial charge in [-0.2, -0.15) is 0 Å². The Morgan fingerprint density at radius 1 is 1.29 bits per heavy atom. The molecule has 100 valence electrons. The Kier molecular flexibility index (Phi) is 5.78. The summed E-state index contributed by atoms with van der Waals surface area (Å²) < 4.78 is 0. The van der Waals surface area contributed by atoms with Gasteiger partial charge in [0.2, 0.25) is 5.91 Å². The zero-order valence-electron chi connectivity index (χ0n) is 11.4. The molecule has 1 amide bonds. The third-order valence-electron chi connectivity index (χ3n) is 3.82. The summed E-state index contributed by atoms with van der Waals surface area (Å²) in [5.74, 6) is 1.14. The Labute approximate surface area is 110 Å². The molecule has 1 aliphatic rings. The van der Waals surface area contributed by atoms with Gasteiger partial charge < -0.3 is 5.32 Å². The van der Waals surface area contributed by atoms with Crippen molar-refractivity contribution in [3.05, 3.63) is 0 Å². The van der Waals surface area contributed by atoms with Crippen LogP contribution in [0.4, 0.5) is 0 Å². The quantitative estimate of drug-likeness (QED) is 0.726. The smallest absolute Gasteiger partial charge is 0.224 e. The van der Waals surface area contributed by atoms with Crippen molar-refractivity contribution < 1.29 is 4.79 Å². The van der Waals surface area contributed by atoms with Crippen molar-refractivity contribution in [1.82, 2.24) is 5.32 Å². The largest absolute Gasteiger partial charge is 0.355 e. The second kappa shape index (κ2) is 6.63. The van der Waals surface area contributed by atoms with Crippen LogP contribution in [-0.2, 0) is 4.79 Å².